The molecule has 0 aliphatic heterocycles. The zero-order valence-electron chi connectivity index (χ0n) is 5.00. The van der Waals surface area contributed by atoms with Gasteiger partial charge in [0.25, 0.3) is 0 Å². The fraction of sp³-hybridized carbons (Fsp3) is 0.143. The van der Waals surface area contributed by atoms with Crippen LogP contribution in [0.25, 0.3) is 0 Å². The Kier molecular flexibility index (Phi) is 9.86. The Hall–Kier alpha value is 0.441. The van der Waals surface area contributed by atoms with E-state index in [2.05, 4.69) is 44.7 Å². The van der Waals surface area contributed by atoms with Crippen molar-refractivity contribution < 1.29 is 20.4 Å². The zero-order chi connectivity index (χ0) is 5.82. The van der Waals surface area contributed by atoms with E-state index in [0.29, 0.717) is 0 Å². The van der Waals surface area contributed by atoms with Crippen molar-refractivity contribution in [1.82, 2.24) is 0 Å². The van der Waals surface area contributed by atoms with Crippen molar-refractivity contribution in [3.8, 4) is 0 Å². The summed E-state index contributed by atoms with van der Waals surface area (Å²) in [4.78, 5) is 0. The Labute approximate surface area is 84.2 Å². The fourth-order valence-electron chi connectivity index (χ4n) is 0.596. The molecule has 0 amide bonds. The Morgan fingerprint density at radius 1 is 1.10 bits per heavy atom. The van der Waals surface area contributed by atoms with Gasteiger partial charge in [-0.15, -0.1) is 12.4 Å². The topological polar surface area (TPSA) is 0 Å². The first-order chi connectivity index (χ1) is 3.93. The van der Waals surface area contributed by atoms with Crippen molar-refractivity contribution in [2.24, 2.45) is 0 Å². The minimum absolute atomic E-state index is 0. The fourth-order valence-corrected chi connectivity index (χ4v) is 0.964. The van der Waals surface area contributed by atoms with Crippen LogP contribution in [0.5, 0.6) is 0 Å². The van der Waals surface area contributed by atoms with Crippen molar-refractivity contribution in [1.29, 1.82) is 0 Å². The maximum atomic E-state index is 2.16. The molecule has 0 saturated heterocycles. The minimum atomic E-state index is 0. The van der Waals surface area contributed by atoms with E-state index in [9.17, 15) is 0 Å². The summed E-state index contributed by atoms with van der Waals surface area (Å²) in [6, 6.07) is 10.5. The molecule has 1 rings (SSSR count). The molecule has 0 aliphatic carbocycles. The summed E-state index contributed by atoms with van der Waals surface area (Å²) in [7, 11) is 0. The van der Waals surface area contributed by atoms with Gasteiger partial charge in [-0.25, -0.2) is 0 Å². The van der Waals surface area contributed by atoms with E-state index in [0.717, 1.165) is 4.73 Å². The van der Waals surface area contributed by atoms with Crippen LogP contribution >= 0.6 is 12.4 Å². The molecule has 0 fully saturated rings. The molecule has 3 heteroatoms. The van der Waals surface area contributed by atoms with Crippen molar-refractivity contribution in [2.75, 3.05) is 0 Å². The average Bonchev–Trinajstić information content (AvgIpc) is 1.90. The molecule has 0 saturated carbocycles. The van der Waals surface area contributed by atoms with Gasteiger partial charge in [-0.05, 0) is 11.0 Å². The first-order valence-corrected chi connectivity index (χ1v) is 3.72. The normalized spacial score (nSPS) is 7.10. The number of halogens is 1. The molecule has 0 spiro atoms. The third kappa shape index (κ3) is 4.29. The van der Waals surface area contributed by atoms with Crippen LogP contribution in [0.3, 0.4) is 0 Å². The van der Waals surface area contributed by atoms with Gasteiger partial charge in [0.15, 0.2) is 0 Å². The number of benzene rings is 1. The second-order valence-electron chi connectivity index (χ2n) is 1.66. The van der Waals surface area contributed by atoms with Gasteiger partial charge < -0.3 is 0 Å². The summed E-state index contributed by atoms with van der Waals surface area (Å²) >= 11 is 2.16. The molecule has 0 nitrogen and oxygen atoms in total. The summed E-state index contributed by atoms with van der Waals surface area (Å²) in [6.07, 6.45) is 0. The third-order valence-corrected chi connectivity index (χ3v) is 1.68. The van der Waals surface area contributed by atoms with Crippen LogP contribution in [0.4, 0.5) is 0 Å². The van der Waals surface area contributed by atoms with Gasteiger partial charge in [0, 0.05) is 0 Å². The molecule has 55 valence electrons. The van der Waals surface area contributed by atoms with Crippen LogP contribution in [0.2, 0.25) is 0 Å². The second-order valence-corrected chi connectivity index (χ2v) is 2.21. The van der Waals surface area contributed by atoms with Crippen LogP contribution in [0.1, 0.15) is 5.56 Å². The maximum absolute atomic E-state index is 2.16. The molecule has 1 aromatic carbocycles. The van der Waals surface area contributed by atoms with E-state index >= 15 is 0 Å². The summed E-state index contributed by atoms with van der Waals surface area (Å²) in [5, 5.41) is 0. The van der Waals surface area contributed by atoms with E-state index in [1.165, 1.54) is 5.56 Å². The molecular formula is C7H12ClSiTi. The molecule has 0 heterocycles. The van der Waals surface area contributed by atoms with Crippen LogP contribution in [-0.2, 0) is 25.2 Å². The van der Waals surface area contributed by atoms with Crippen LogP contribution in [-0.4, -0.2) is 11.0 Å². The van der Waals surface area contributed by atoms with Crippen molar-refractivity contribution >= 4 is 23.4 Å². The summed E-state index contributed by atoms with van der Waals surface area (Å²) in [5.41, 5.74) is 1.41. The molecule has 0 aromatic heterocycles. The molecule has 0 atom stereocenters. The standard InChI is InChI=1S/C7H7.ClH.H4Si.Ti/c1-7-5-3-2-4-6-7;;;/h2-6H,1H2;1H;1H4;. The molecule has 0 bridgehead atoms. The van der Waals surface area contributed by atoms with Crippen molar-refractivity contribution in [3.63, 3.8) is 0 Å². The second kappa shape index (κ2) is 7.55. The predicted octanol–water partition coefficient (Wildman–Crippen LogP) is 0.704. The van der Waals surface area contributed by atoms with Gasteiger partial charge >= 0.3 is 61.1 Å². The number of hydrogen-bond acceptors (Lipinski definition) is 0. The molecular weight excluding hydrogens is 195 g/mol. The Balaban J connectivity index is 0. The molecule has 0 N–H and O–H groups in total. The summed E-state index contributed by atoms with van der Waals surface area (Å²) in [5.74, 6) is 0. The monoisotopic (exact) mass is 207 g/mol. The molecule has 0 radical (unpaired) electrons. The van der Waals surface area contributed by atoms with Gasteiger partial charge in [-0.3, -0.25) is 0 Å². The average molecular weight is 208 g/mol. The van der Waals surface area contributed by atoms with E-state index in [1.54, 1.807) is 0 Å². The zero-order valence-corrected chi connectivity index (χ0v) is 7.38. The molecule has 0 aliphatic rings. The summed E-state index contributed by atoms with van der Waals surface area (Å²) in [6.45, 7) is 0. The van der Waals surface area contributed by atoms with Crippen molar-refractivity contribution in [2.45, 2.75) is 4.73 Å². The first-order valence-electron chi connectivity index (χ1n) is 2.62. The van der Waals surface area contributed by atoms with Crippen LogP contribution in [0.15, 0.2) is 30.3 Å². The SMILES string of the molecule is Cl.[SiH4].[Ti][CH2]c1ccccc1. The Bertz CT molecular complexity index is 155. The first kappa shape index (κ1) is 13.1. The van der Waals surface area contributed by atoms with E-state index in [1.807, 2.05) is 6.07 Å². The molecule has 0 unspecified atom stereocenters. The van der Waals surface area contributed by atoms with Gasteiger partial charge in [-0.1, -0.05) is 0 Å². The quantitative estimate of drug-likeness (QED) is 0.595. The van der Waals surface area contributed by atoms with Gasteiger partial charge in [0.05, 0.1) is 0 Å². The van der Waals surface area contributed by atoms with E-state index in [4.69, 9.17) is 0 Å². The van der Waals surface area contributed by atoms with Crippen molar-refractivity contribution in [3.05, 3.63) is 35.9 Å². The van der Waals surface area contributed by atoms with Gasteiger partial charge in [-0.2, -0.15) is 0 Å². The van der Waals surface area contributed by atoms with E-state index < -0.39 is 0 Å². The molecule has 10 heavy (non-hydrogen) atoms. The number of hydrogen-bond donors (Lipinski definition) is 0. The van der Waals surface area contributed by atoms with E-state index in [-0.39, 0.29) is 23.4 Å². The summed E-state index contributed by atoms with van der Waals surface area (Å²) < 4.78 is 1.14. The number of rotatable bonds is 1. The molecule has 1 aromatic rings. The Morgan fingerprint density at radius 3 is 1.90 bits per heavy atom. The van der Waals surface area contributed by atoms with Gasteiger partial charge in [0.2, 0.25) is 0 Å². The van der Waals surface area contributed by atoms with Gasteiger partial charge in [0.1, 0.15) is 0 Å². The predicted molar refractivity (Wildman–Crippen MR) is 48.7 cm³/mol. The van der Waals surface area contributed by atoms with Crippen LogP contribution < -0.4 is 0 Å². The van der Waals surface area contributed by atoms with Crippen LogP contribution in [0, 0.1) is 0 Å². The third-order valence-electron chi connectivity index (χ3n) is 1.05. The Morgan fingerprint density at radius 2 is 1.60 bits per heavy atom.